The number of carbonyl (C=O) groups is 1. The van der Waals surface area contributed by atoms with E-state index in [0.29, 0.717) is 5.88 Å². The number of carbonyl (C=O) groups excluding carboxylic acids is 1. The van der Waals surface area contributed by atoms with E-state index in [1.54, 1.807) is 0 Å². The van der Waals surface area contributed by atoms with Crippen LogP contribution in [0.15, 0.2) is 24.3 Å². The third-order valence-electron chi connectivity index (χ3n) is 3.66. The first-order chi connectivity index (χ1) is 8.76. The topological polar surface area (TPSA) is 29.5 Å². The van der Waals surface area contributed by atoms with Crippen molar-refractivity contribution < 1.29 is 9.53 Å². The number of alkyl halides is 1. The van der Waals surface area contributed by atoms with Crippen LogP contribution in [-0.4, -0.2) is 36.1 Å². The van der Waals surface area contributed by atoms with E-state index in [2.05, 4.69) is 0 Å². The highest BCUT2D eigenvalue weighted by Crippen LogP contribution is 2.27. The maximum atomic E-state index is 12.4. The molecule has 1 aromatic rings. The first-order valence-corrected chi connectivity index (χ1v) is 6.89. The molecule has 2 saturated heterocycles. The third-order valence-corrected chi connectivity index (χ3v) is 3.97. The fourth-order valence-corrected chi connectivity index (χ4v) is 2.92. The van der Waals surface area contributed by atoms with Gasteiger partial charge in [0.25, 0.3) is 5.91 Å². The molecule has 2 bridgehead atoms. The summed E-state index contributed by atoms with van der Waals surface area (Å²) in [6, 6.07) is 7.56. The number of ether oxygens (including phenoxy) is 1. The zero-order valence-electron chi connectivity index (χ0n) is 10.1. The van der Waals surface area contributed by atoms with Gasteiger partial charge in [-0.2, -0.15) is 0 Å². The Morgan fingerprint density at radius 1 is 1.33 bits per heavy atom. The summed E-state index contributed by atoms with van der Waals surface area (Å²) in [6.07, 6.45) is 2.64. The van der Waals surface area contributed by atoms with Crippen molar-refractivity contribution in [3.05, 3.63) is 35.4 Å². The first kappa shape index (κ1) is 12.0. The molecule has 2 atom stereocenters. The van der Waals surface area contributed by atoms with Crippen LogP contribution >= 0.6 is 11.6 Å². The minimum atomic E-state index is 0.0992. The van der Waals surface area contributed by atoms with Crippen molar-refractivity contribution in [2.75, 3.05) is 13.1 Å². The fourth-order valence-electron chi connectivity index (χ4n) is 2.75. The van der Waals surface area contributed by atoms with Gasteiger partial charge in [-0.25, -0.2) is 0 Å². The van der Waals surface area contributed by atoms with Crippen molar-refractivity contribution >= 4 is 17.5 Å². The van der Waals surface area contributed by atoms with E-state index in [4.69, 9.17) is 16.3 Å². The van der Waals surface area contributed by atoms with Gasteiger partial charge in [-0.3, -0.25) is 4.79 Å². The van der Waals surface area contributed by atoms with E-state index in [1.807, 2.05) is 29.2 Å². The molecule has 3 rings (SSSR count). The number of hydrogen-bond donors (Lipinski definition) is 0. The molecule has 0 aromatic heterocycles. The number of hydrogen-bond acceptors (Lipinski definition) is 2. The monoisotopic (exact) mass is 265 g/mol. The molecule has 0 N–H and O–H groups in total. The number of halogens is 1. The standard InChI is InChI=1S/C14H16ClNO2/c15-7-10-2-1-3-11(6-10)14(17)16-8-12-4-5-13(9-16)18-12/h1-3,6,12-13H,4-5,7-9H2. The van der Waals surface area contributed by atoms with E-state index < -0.39 is 0 Å². The van der Waals surface area contributed by atoms with Gasteiger partial charge in [0.1, 0.15) is 0 Å². The van der Waals surface area contributed by atoms with Gasteiger partial charge in [0, 0.05) is 24.5 Å². The van der Waals surface area contributed by atoms with Crippen LogP contribution in [0.1, 0.15) is 28.8 Å². The summed E-state index contributed by atoms with van der Waals surface area (Å²) in [5.74, 6) is 0.539. The number of amides is 1. The van der Waals surface area contributed by atoms with Gasteiger partial charge >= 0.3 is 0 Å². The van der Waals surface area contributed by atoms with Gasteiger partial charge in [-0.15, -0.1) is 11.6 Å². The highest BCUT2D eigenvalue weighted by Gasteiger charge is 2.35. The summed E-state index contributed by atoms with van der Waals surface area (Å²) in [6.45, 7) is 1.45. The summed E-state index contributed by atoms with van der Waals surface area (Å²) in [7, 11) is 0. The molecule has 2 unspecified atom stereocenters. The first-order valence-electron chi connectivity index (χ1n) is 6.36. The number of fused-ring (bicyclic) bond motifs is 2. The lowest BCUT2D eigenvalue weighted by atomic mass is 10.1. The predicted octanol–water partition coefficient (Wildman–Crippen LogP) is 2.43. The second-order valence-electron chi connectivity index (χ2n) is 5.00. The van der Waals surface area contributed by atoms with Crippen LogP contribution in [0, 0.1) is 0 Å². The second-order valence-corrected chi connectivity index (χ2v) is 5.27. The lowest BCUT2D eigenvalue weighted by Crippen LogP contribution is -2.45. The highest BCUT2D eigenvalue weighted by molar-refractivity contribution is 6.17. The van der Waals surface area contributed by atoms with Crippen LogP contribution < -0.4 is 0 Å². The summed E-state index contributed by atoms with van der Waals surface area (Å²) < 4.78 is 5.74. The Kier molecular flexibility index (Phi) is 3.27. The quantitative estimate of drug-likeness (QED) is 0.769. The number of nitrogens with zero attached hydrogens (tertiary/aromatic N) is 1. The van der Waals surface area contributed by atoms with Crippen molar-refractivity contribution in [3.63, 3.8) is 0 Å². The van der Waals surface area contributed by atoms with Crippen molar-refractivity contribution in [2.45, 2.75) is 30.9 Å². The molecular weight excluding hydrogens is 250 g/mol. The van der Waals surface area contributed by atoms with E-state index in [-0.39, 0.29) is 18.1 Å². The second kappa shape index (κ2) is 4.90. The Bertz CT molecular complexity index is 451. The Labute approximate surface area is 112 Å². The SMILES string of the molecule is O=C(c1cccc(CCl)c1)N1CC2CCC(C1)O2. The largest absolute Gasteiger partial charge is 0.371 e. The number of rotatable bonds is 2. The van der Waals surface area contributed by atoms with Crippen LogP contribution in [0.5, 0.6) is 0 Å². The Hall–Kier alpha value is -1.06. The molecule has 3 nitrogen and oxygen atoms in total. The van der Waals surface area contributed by atoms with Crippen molar-refractivity contribution in [3.8, 4) is 0 Å². The van der Waals surface area contributed by atoms with E-state index in [1.165, 1.54) is 0 Å². The maximum Gasteiger partial charge on any atom is 0.254 e. The van der Waals surface area contributed by atoms with Crippen LogP contribution in [0.25, 0.3) is 0 Å². The zero-order chi connectivity index (χ0) is 12.5. The minimum Gasteiger partial charge on any atom is -0.371 e. The maximum absolute atomic E-state index is 12.4. The normalized spacial score (nSPS) is 26.4. The smallest absolute Gasteiger partial charge is 0.254 e. The molecule has 0 spiro atoms. The Morgan fingerprint density at radius 2 is 2.06 bits per heavy atom. The van der Waals surface area contributed by atoms with Gasteiger partial charge in [0.15, 0.2) is 0 Å². The summed E-state index contributed by atoms with van der Waals surface area (Å²) in [4.78, 5) is 14.3. The van der Waals surface area contributed by atoms with Crippen LogP contribution in [0.4, 0.5) is 0 Å². The molecule has 2 aliphatic rings. The average Bonchev–Trinajstić information content (AvgIpc) is 2.76. The highest BCUT2D eigenvalue weighted by atomic mass is 35.5. The molecule has 2 fully saturated rings. The van der Waals surface area contributed by atoms with E-state index in [0.717, 1.165) is 37.1 Å². The van der Waals surface area contributed by atoms with Gasteiger partial charge in [0.2, 0.25) is 0 Å². The lowest BCUT2D eigenvalue weighted by molar-refractivity contribution is -0.0303. The molecular formula is C14H16ClNO2. The van der Waals surface area contributed by atoms with Crippen LogP contribution in [-0.2, 0) is 10.6 Å². The molecule has 2 heterocycles. The Balaban J connectivity index is 1.77. The van der Waals surface area contributed by atoms with E-state index >= 15 is 0 Å². The van der Waals surface area contributed by atoms with Crippen LogP contribution in [0.2, 0.25) is 0 Å². The zero-order valence-corrected chi connectivity index (χ0v) is 10.9. The molecule has 96 valence electrons. The summed E-state index contributed by atoms with van der Waals surface area (Å²) in [5.41, 5.74) is 1.72. The third kappa shape index (κ3) is 2.25. The molecule has 0 saturated carbocycles. The molecule has 4 heteroatoms. The van der Waals surface area contributed by atoms with Crippen molar-refractivity contribution in [1.29, 1.82) is 0 Å². The predicted molar refractivity (Wildman–Crippen MR) is 69.8 cm³/mol. The molecule has 2 aliphatic heterocycles. The van der Waals surface area contributed by atoms with Crippen LogP contribution in [0.3, 0.4) is 0 Å². The van der Waals surface area contributed by atoms with Gasteiger partial charge in [-0.05, 0) is 30.5 Å². The summed E-state index contributed by atoms with van der Waals surface area (Å²) in [5, 5.41) is 0. The molecule has 0 aliphatic carbocycles. The molecule has 18 heavy (non-hydrogen) atoms. The number of morpholine rings is 1. The molecule has 1 aromatic carbocycles. The van der Waals surface area contributed by atoms with Gasteiger partial charge in [-0.1, -0.05) is 12.1 Å². The fraction of sp³-hybridized carbons (Fsp3) is 0.500. The molecule has 1 amide bonds. The number of likely N-dealkylation sites (tertiary alicyclic amines) is 1. The summed E-state index contributed by atoms with van der Waals surface area (Å²) >= 11 is 5.80. The average molecular weight is 266 g/mol. The lowest BCUT2D eigenvalue weighted by Gasteiger charge is -2.32. The van der Waals surface area contributed by atoms with Gasteiger partial charge in [0.05, 0.1) is 12.2 Å². The minimum absolute atomic E-state index is 0.0992. The van der Waals surface area contributed by atoms with Gasteiger partial charge < -0.3 is 9.64 Å². The molecule has 0 radical (unpaired) electrons. The Morgan fingerprint density at radius 3 is 2.72 bits per heavy atom. The van der Waals surface area contributed by atoms with E-state index in [9.17, 15) is 4.79 Å². The number of benzene rings is 1. The van der Waals surface area contributed by atoms with Crippen molar-refractivity contribution in [1.82, 2.24) is 4.90 Å². The van der Waals surface area contributed by atoms with Crippen molar-refractivity contribution in [2.24, 2.45) is 0 Å².